The quantitative estimate of drug-likeness (QED) is 0.570. The van der Waals surface area contributed by atoms with Crippen LogP contribution in [0.1, 0.15) is 46.0 Å². The van der Waals surface area contributed by atoms with Crippen LogP contribution in [0.4, 0.5) is 4.39 Å². The number of hydrogen-bond donors (Lipinski definition) is 0. The first-order chi connectivity index (χ1) is 8.70. The molecule has 0 atom stereocenters. The summed E-state index contributed by atoms with van der Waals surface area (Å²) < 4.78 is 14.2. The first-order valence-corrected chi connectivity index (χ1v) is 6.76. The summed E-state index contributed by atoms with van der Waals surface area (Å²) in [4.78, 5) is 0. The number of hydrogen-bond acceptors (Lipinski definition) is 0. The van der Waals surface area contributed by atoms with Crippen molar-refractivity contribution in [3.05, 3.63) is 58.5 Å². The highest BCUT2D eigenvalue weighted by Crippen LogP contribution is 2.34. The molecule has 0 amide bonds. The van der Waals surface area contributed by atoms with Gasteiger partial charge in [-0.3, -0.25) is 0 Å². The monoisotopic (exact) mass is 244 g/mol. The minimum absolute atomic E-state index is 0.0123. The number of rotatable bonds is 3. The molecule has 0 fully saturated rings. The van der Waals surface area contributed by atoms with Crippen LogP contribution in [-0.4, -0.2) is 0 Å². The molecule has 0 N–H and O–H groups in total. The third-order valence-corrected chi connectivity index (χ3v) is 3.72. The molecule has 2 aliphatic rings. The fourth-order valence-electron chi connectivity index (χ4n) is 2.51. The molecule has 0 nitrogen and oxygen atoms in total. The van der Waals surface area contributed by atoms with Crippen molar-refractivity contribution in [1.82, 2.24) is 0 Å². The maximum absolute atomic E-state index is 14.2. The van der Waals surface area contributed by atoms with E-state index in [1.807, 2.05) is 13.0 Å². The summed E-state index contributed by atoms with van der Waals surface area (Å²) in [6.45, 7) is 4.14. The van der Waals surface area contributed by atoms with E-state index in [0.29, 0.717) is 0 Å². The van der Waals surface area contributed by atoms with E-state index in [1.54, 1.807) is 6.08 Å². The van der Waals surface area contributed by atoms with Crippen molar-refractivity contribution in [2.24, 2.45) is 0 Å². The molecule has 0 spiro atoms. The van der Waals surface area contributed by atoms with Crippen molar-refractivity contribution in [3.8, 4) is 0 Å². The molecular formula is C17H21F. The van der Waals surface area contributed by atoms with Gasteiger partial charge < -0.3 is 0 Å². The molecular weight excluding hydrogens is 223 g/mol. The van der Waals surface area contributed by atoms with Crippen molar-refractivity contribution in [1.29, 1.82) is 0 Å². The predicted octanol–water partition coefficient (Wildman–Crippen LogP) is 5.56. The van der Waals surface area contributed by atoms with Gasteiger partial charge in [0.1, 0.15) is 5.83 Å². The maximum atomic E-state index is 14.2. The summed E-state index contributed by atoms with van der Waals surface area (Å²) in [7, 11) is 0. The van der Waals surface area contributed by atoms with Gasteiger partial charge in [0.2, 0.25) is 0 Å². The van der Waals surface area contributed by atoms with E-state index in [4.69, 9.17) is 0 Å². The van der Waals surface area contributed by atoms with Crippen molar-refractivity contribution in [2.75, 3.05) is 0 Å². The molecule has 96 valence electrons. The van der Waals surface area contributed by atoms with Crippen LogP contribution in [0.25, 0.3) is 0 Å². The highest BCUT2D eigenvalue weighted by atomic mass is 19.1. The van der Waals surface area contributed by atoms with Gasteiger partial charge in [0.15, 0.2) is 0 Å². The van der Waals surface area contributed by atoms with Crippen LogP contribution in [0.2, 0.25) is 0 Å². The summed E-state index contributed by atoms with van der Waals surface area (Å²) in [6, 6.07) is 0. The van der Waals surface area contributed by atoms with Crippen LogP contribution in [0, 0.1) is 0 Å². The minimum atomic E-state index is -0.0123. The lowest BCUT2D eigenvalue weighted by atomic mass is 9.87. The molecule has 0 aromatic heterocycles. The number of allylic oxidation sites excluding steroid dienone is 10. The fraction of sp³-hybridized carbons (Fsp3) is 0.412. The molecule has 0 unspecified atom stereocenters. The van der Waals surface area contributed by atoms with Gasteiger partial charge in [-0.25, -0.2) is 4.39 Å². The highest BCUT2D eigenvalue weighted by molar-refractivity contribution is 5.44. The molecule has 18 heavy (non-hydrogen) atoms. The third kappa shape index (κ3) is 3.10. The smallest absolute Gasteiger partial charge is 0.126 e. The summed E-state index contributed by atoms with van der Waals surface area (Å²) in [5, 5.41) is 0. The first-order valence-electron chi connectivity index (χ1n) is 6.76. The van der Waals surface area contributed by atoms with Gasteiger partial charge in [-0.2, -0.15) is 0 Å². The lowest BCUT2D eigenvalue weighted by Gasteiger charge is -2.19. The second-order valence-corrected chi connectivity index (χ2v) is 5.10. The lowest BCUT2D eigenvalue weighted by molar-refractivity contribution is 0.627. The summed E-state index contributed by atoms with van der Waals surface area (Å²) in [5.41, 5.74) is 4.66. The zero-order valence-corrected chi connectivity index (χ0v) is 11.3. The lowest BCUT2D eigenvalue weighted by Crippen LogP contribution is -2.02. The highest BCUT2D eigenvalue weighted by Gasteiger charge is 2.17. The Morgan fingerprint density at radius 3 is 2.78 bits per heavy atom. The van der Waals surface area contributed by atoms with Crippen LogP contribution in [-0.2, 0) is 0 Å². The van der Waals surface area contributed by atoms with Crippen molar-refractivity contribution < 1.29 is 4.39 Å². The Balaban J connectivity index is 2.17. The van der Waals surface area contributed by atoms with Gasteiger partial charge in [0.25, 0.3) is 0 Å². The van der Waals surface area contributed by atoms with E-state index in [9.17, 15) is 4.39 Å². The Bertz CT molecular complexity index is 470. The molecule has 0 aromatic rings. The van der Waals surface area contributed by atoms with E-state index >= 15 is 0 Å². The normalized spacial score (nSPS) is 20.9. The van der Waals surface area contributed by atoms with Gasteiger partial charge in [-0.1, -0.05) is 35.5 Å². The summed E-state index contributed by atoms with van der Waals surface area (Å²) in [6.07, 6.45) is 14.9. The Kier molecular flexibility index (Phi) is 4.35. The predicted molar refractivity (Wildman–Crippen MR) is 76.0 cm³/mol. The Hall–Kier alpha value is -1.37. The molecule has 0 radical (unpaired) electrons. The van der Waals surface area contributed by atoms with Gasteiger partial charge in [-0.15, -0.1) is 0 Å². The Labute approximate surface area is 109 Å². The van der Waals surface area contributed by atoms with Crippen molar-refractivity contribution >= 4 is 0 Å². The summed E-state index contributed by atoms with van der Waals surface area (Å²) in [5.74, 6) is -0.0123. The maximum Gasteiger partial charge on any atom is 0.126 e. The van der Waals surface area contributed by atoms with Crippen LogP contribution in [0.3, 0.4) is 0 Å². The second-order valence-electron chi connectivity index (χ2n) is 5.10. The Morgan fingerprint density at radius 1 is 1.33 bits per heavy atom. The molecule has 2 rings (SSSR count). The van der Waals surface area contributed by atoms with Gasteiger partial charge >= 0.3 is 0 Å². The SMILES string of the molecule is C/C=C(/C)CC1=CC(F)=C(C2=CC=CCC2)CC1. The van der Waals surface area contributed by atoms with Crippen molar-refractivity contribution in [3.63, 3.8) is 0 Å². The standard InChI is InChI=1S/C17H21F/c1-3-13(2)11-14-9-10-16(17(18)12-14)15-7-5-4-6-8-15/h3-5,7,12H,6,8-11H2,1-2H3/b13-3-. The molecule has 0 heterocycles. The topological polar surface area (TPSA) is 0 Å². The van der Waals surface area contributed by atoms with Gasteiger partial charge in [-0.05, 0) is 63.2 Å². The zero-order valence-electron chi connectivity index (χ0n) is 11.3. The van der Waals surface area contributed by atoms with Gasteiger partial charge in [0, 0.05) is 0 Å². The van der Waals surface area contributed by atoms with Crippen LogP contribution in [0.15, 0.2) is 58.5 Å². The zero-order chi connectivity index (χ0) is 13.0. The first kappa shape index (κ1) is 13.1. The molecule has 0 saturated carbocycles. The average Bonchev–Trinajstić information content (AvgIpc) is 2.40. The van der Waals surface area contributed by atoms with E-state index in [2.05, 4.69) is 25.2 Å². The minimum Gasteiger partial charge on any atom is -0.207 e. The fourth-order valence-corrected chi connectivity index (χ4v) is 2.51. The summed E-state index contributed by atoms with van der Waals surface area (Å²) >= 11 is 0. The van der Waals surface area contributed by atoms with Gasteiger partial charge in [0.05, 0.1) is 0 Å². The van der Waals surface area contributed by atoms with Crippen LogP contribution in [0.5, 0.6) is 0 Å². The van der Waals surface area contributed by atoms with Crippen molar-refractivity contribution in [2.45, 2.75) is 46.0 Å². The molecule has 1 heteroatoms. The second kappa shape index (κ2) is 5.99. The van der Waals surface area contributed by atoms with Crippen LogP contribution >= 0.6 is 0 Å². The molecule has 0 saturated heterocycles. The Morgan fingerprint density at radius 2 is 2.17 bits per heavy atom. The molecule has 0 bridgehead atoms. The number of halogens is 1. The van der Waals surface area contributed by atoms with E-state index in [1.165, 1.54) is 16.7 Å². The average molecular weight is 244 g/mol. The molecule has 2 aliphatic carbocycles. The van der Waals surface area contributed by atoms with E-state index in [0.717, 1.165) is 37.7 Å². The molecule has 0 aliphatic heterocycles. The molecule has 0 aromatic carbocycles. The van der Waals surface area contributed by atoms with E-state index < -0.39 is 0 Å². The largest absolute Gasteiger partial charge is 0.207 e. The third-order valence-electron chi connectivity index (χ3n) is 3.72. The van der Waals surface area contributed by atoms with E-state index in [-0.39, 0.29) is 5.83 Å². The van der Waals surface area contributed by atoms with Crippen LogP contribution < -0.4 is 0 Å².